The number of hydrogen-bond acceptors (Lipinski definition) is 5. The SMILES string of the molecule is CCN1CCCC1CNC(=NCc1nnc(C)n1C)NCC(C)(C)OC. The van der Waals surface area contributed by atoms with Crippen LogP contribution in [0.25, 0.3) is 0 Å². The van der Waals surface area contributed by atoms with E-state index in [2.05, 4.69) is 46.5 Å². The fraction of sp³-hybridized carbons (Fsp3) is 0.833. The Hall–Kier alpha value is -1.67. The van der Waals surface area contributed by atoms with Crippen LogP contribution in [0.3, 0.4) is 0 Å². The Balaban J connectivity index is 2.00. The molecule has 1 aromatic rings. The number of likely N-dealkylation sites (tertiary alicyclic amines) is 1. The number of ether oxygens (including phenoxy) is 1. The first-order valence-corrected chi connectivity index (χ1v) is 9.52. The van der Waals surface area contributed by atoms with Crippen molar-refractivity contribution in [1.82, 2.24) is 30.3 Å². The summed E-state index contributed by atoms with van der Waals surface area (Å²) < 4.78 is 7.47. The van der Waals surface area contributed by atoms with E-state index in [-0.39, 0.29) is 5.60 Å². The largest absolute Gasteiger partial charge is 0.377 e. The number of nitrogens with zero attached hydrogens (tertiary/aromatic N) is 5. The van der Waals surface area contributed by atoms with Crippen molar-refractivity contribution in [1.29, 1.82) is 0 Å². The van der Waals surface area contributed by atoms with Gasteiger partial charge < -0.3 is 19.9 Å². The molecule has 0 radical (unpaired) electrons. The minimum atomic E-state index is -0.257. The molecule has 26 heavy (non-hydrogen) atoms. The van der Waals surface area contributed by atoms with Gasteiger partial charge in [0.15, 0.2) is 11.8 Å². The summed E-state index contributed by atoms with van der Waals surface area (Å²) >= 11 is 0. The maximum Gasteiger partial charge on any atom is 0.191 e. The molecule has 0 spiro atoms. The van der Waals surface area contributed by atoms with Crippen LogP contribution in [-0.2, 0) is 18.3 Å². The number of methoxy groups -OCH3 is 1. The van der Waals surface area contributed by atoms with Crippen LogP contribution in [0, 0.1) is 6.92 Å². The second kappa shape index (κ2) is 9.32. The Morgan fingerprint density at radius 3 is 2.73 bits per heavy atom. The van der Waals surface area contributed by atoms with Crippen molar-refractivity contribution in [2.24, 2.45) is 12.0 Å². The Bertz CT molecular complexity index is 596. The molecule has 0 bridgehead atoms. The van der Waals surface area contributed by atoms with Gasteiger partial charge in [0.1, 0.15) is 12.4 Å². The molecular weight excluding hydrogens is 330 g/mol. The maximum absolute atomic E-state index is 5.51. The highest BCUT2D eigenvalue weighted by Gasteiger charge is 2.23. The molecule has 0 aromatic carbocycles. The van der Waals surface area contributed by atoms with Crippen molar-refractivity contribution in [2.45, 2.75) is 58.7 Å². The van der Waals surface area contributed by atoms with Crippen LogP contribution in [0.4, 0.5) is 0 Å². The van der Waals surface area contributed by atoms with Crippen LogP contribution in [0.1, 0.15) is 45.3 Å². The lowest BCUT2D eigenvalue weighted by atomic mass is 10.1. The maximum atomic E-state index is 5.51. The lowest BCUT2D eigenvalue weighted by Gasteiger charge is -2.27. The summed E-state index contributed by atoms with van der Waals surface area (Å²) in [6, 6.07) is 0.569. The number of rotatable bonds is 8. The molecule has 2 heterocycles. The van der Waals surface area contributed by atoms with Crippen LogP contribution < -0.4 is 10.6 Å². The topological polar surface area (TPSA) is 79.6 Å². The lowest BCUT2D eigenvalue weighted by molar-refractivity contribution is 0.0268. The average molecular weight is 366 g/mol. The van der Waals surface area contributed by atoms with Crippen molar-refractivity contribution in [3.63, 3.8) is 0 Å². The lowest BCUT2D eigenvalue weighted by Crippen LogP contribution is -2.48. The summed E-state index contributed by atoms with van der Waals surface area (Å²) in [7, 11) is 3.69. The highest BCUT2D eigenvalue weighted by Crippen LogP contribution is 2.15. The first kappa shape index (κ1) is 20.6. The summed E-state index contributed by atoms with van der Waals surface area (Å²) in [6.07, 6.45) is 2.51. The van der Waals surface area contributed by atoms with Crippen molar-refractivity contribution in [2.75, 3.05) is 33.3 Å². The summed E-state index contributed by atoms with van der Waals surface area (Å²) in [6.45, 7) is 12.6. The van der Waals surface area contributed by atoms with E-state index in [9.17, 15) is 0 Å². The molecule has 1 unspecified atom stereocenters. The van der Waals surface area contributed by atoms with E-state index in [0.717, 1.165) is 30.7 Å². The molecule has 2 rings (SSSR count). The van der Waals surface area contributed by atoms with Gasteiger partial charge in [-0.25, -0.2) is 4.99 Å². The number of guanidine groups is 1. The number of likely N-dealkylation sites (N-methyl/N-ethyl adjacent to an activating group) is 1. The Morgan fingerprint density at radius 1 is 1.35 bits per heavy atom. The zero-order valence-corrected chi connectivity index (χ0v) is 17.2. The first-order valence-electron chi connectivity index (χ1n) is 9.52. The molecule has 148 valence electrons. The molecule has 1 fully saturated rings. The van der Waals surface area contributed by atoms with Crippen LogP contribution in [0.15, 0.2) is 4.99 Å². The normalized spacial score (nSPS) is 19.2. The standard InChI is InChI=1S/C18H35N7O/c1-7-25-10-8-9-15(25)11-19-17(21-13-18(3,4)26-6)20-12-16-23-22-14(2)24(16)5/h15H,7-13H2,1-6H3,(H2,19,20,21). The van der Waals surface area contributed by atoms with Crippen LogP contribution in [0.2, 0.25) is 0 Å². The molecule has 1 saturated heterocycles. The second-order valence-corrected chi connectivity index (χ2v) is 7.51. The van der Waals surface area contributed by atoms with Gasteiger partial charge in [-0.3, -0.25) is 4.90 Å². The van der Waals surface area contributed by atoms with E-state index in [1.807, 2.05) is 18.5 Å². The fourth-order valence-corrected chi connectivity index (χ4v) is 3.04. The van der Waals surface area contributed by atoms with E-state index in [4.69, 9.17) is 9.73 Å². The van der Waals surface area contributed by atoms with E-state index < -0.39 is 0 Å². The second-order valence-electron chi connectivity index (χ2n) is 7.51. The van der Waals surface area contributed by atoms with Gasteiger partial charge in [-0.05, 0) is 46.7 Å². The number of aromatic nitrogens is 3. The third kappa shape index (κ3) is 5.67. The molecule has 8 nitrogen and oxygen atoms in total. The van der Waals surface area contributed by atoms with Gasteiger partial charge in [-0.1, -0.05) is 6.92 Å². The molecule has 0 amide bonds. The van der Waals surface area contributed by atoms with Gasteiger partial charge >= 0.3 is 0 Å². The molecule has 0 aliphatic carbocycles. The minimum Gasteiger partial charge on any atom is -0.377 e. The predicted octanol–water partition coefficient (Wildman–Crippen LogP) is 1.07. The van der Waals surface area contributed by atoms with E-state index in [0.29, 0.717) is 19.1 Å². The molecule has 0 saturated carbocycles. The van der Waals surface area contributed by atoms with Crippen molar-refractivity contribution >= 4 is 5.96 Å². The van der Waals surface area contributed by atoms with Gasteiger partial charge in [-0.15, -0.1) is 10.2 Å². The van der Waals surface area contributed by atoms with Gasteiger partial charge in [0.25, 0.3) is 0 Å². The molecule has 1 aliphatic heterocycles. The predicted molar refractivity (Wildman–Crippen MR) is 104 cm³/mol. The van der Waals surface area contributed by atoms with Crippen molar-refractivity contribution in [3.05, 3.63) is 11.6 Å². The number of hydrogen-bond donors (Lipinski definition) is 2. The summed E-state index contributed by atoms with van der Waals surface area (Å²) in [5.74, 6) is 2.53. The van der Waals surface area contributed by atoms with Gasteiger partial charge in [-0.2, -0.15) is 0 Å². The van der Waals surface area contributed by atoms with Crippen LogP contribution in [0.5, 0.6) is 0 Å². The molecular formula is C18H35N7O. The van der Waals surface area contributed by atoms with Gasteiger partial charge in [0, 0.05) is 33.3 Å². The quantitative estimate of drug-likeness (QED) is 0.530. The third-order valence-corrected chi connectivity index (χ3v) is 5.21. The van der Waals surface area contributed by atoms with E-state index >= 15 is 0 Å². The highest BCUT2D eigenvalue weighted by atomic mass is 16.5. The fourth-order valence-electron chi connectivity index (χ4n) is 3.04. The molecule has 2 N–H and O–H groups in total. The Morgan fingerprint density at radius 2 is 2.12 bits per heavy atom. The van der Waals surface area contributed by atoms with Crippen LogP contribution in [-0.4, -0.2) is 70.6 Å². The number of nitrogens with one attached hydrogen (secondary N) is 2. The minimum absolute atomic E-state index is 0.257. The summed E-state index contributed by atoms with van der Waals surface area (Å²) in [5.41, 5.74) is -0.257. The zero-order chi connectivity index (χ0) is 19.2. The summed E-state index contributed by atoms with van der Waals surface area (Å²) in [4.78, 5) is 7.24. The molecule has 1 atom stereocenters. The summed E-state index contributed by atoms with van der Waals surface area (Å²) in [5, 5.41) is 15.2. The first-order chi connectivity index (χ1) is 12.4. The smallest absolute Gasteiger partial charge is 0.191 e. The van der Waals surface area contributed by atoms with E-state index in [1.54, 1.807) is 7.11 Å². The van der Waals surface area contributed by atoms with Crippen molar-refractivity contribution in [3.8, 4) is 0 Å². The average Bonchev–Trinajstić information content (AvgIpc) is 3.21. The Labute approximate surface area is 157 Å². The van der Waals surface area contributed by atoms with Crippen LogP contribution >= 0.6 is 0 Å². The molecule has 1 aromatic heterocycles. The van der Waals surface area contributed by atoms with E-state index in [1.165, 1.54) is 19.4 Å². The molecule has 1 aliphatic rings. The number of aliphatic imine (C=N–C) groups is 1. The molecule has 8 heteroatoms. The van der Waals surface area contributed by atoms with Gasteiger partial charge in [0.05, 0.1) is 5.60 Å². The highest BCUT2D eigenvalue weighted by molar-refractivity contribution is 5.79. The third-order valence-electron chi connectivity index (χ3n) is 5.21. The Kier molecular flexibility index (Phi) is 7.40. The van der Waals surface area contributed by atoms with Crippen molar-refractivity contribution < 1.29 is 4.74 Å². The number of aryl methyl sites for hydroxylation is 1. The van der Waals surface area contributed by atoms with Gasteiger partial charge in [0.2, 0.25) is 0 Å². The monoisotopic (exact) mass is 365 g/mol. The zero-order valence-electron chi connectivity index (χ0n) is 17.2.